The van der Waals surface area contributed by atoms with Crippen molar-refractivity contribution in [1.29, 1.82) is 0 Å². The molecule has 1 heterocycles. The molecule has 13 heavy (non-hydrogen) atoms. The molecule has 0 saturated carbocycles. The monoisotopic (exact) mass is 198 g/mol. The van der Waals surface area contributed by atoms with Gasteiger partial charge in [-0.1, -0.05) is 13.8 Å². The lowest BCUT2D eigenvalue weighted by Gasteiger charge is -2.15. The Bertz CT molecular complexity index is 278. The van der Waals surface area contributed by atoms with Gasteiger partial charge in [-0.3, -0.25) is 0 Å². The van der Waals surface area contributed by atoms with E-state index in [1.807, 2.05) is 0 Å². The number of aromatic nitrogens is 1. The molecule has 1 rings (SSSR count). The highest BCUT2D eigenvalue weighted by Gasteiger charge is 2.12. The summed E-state index contributed by atoms with van der Waals surface area (Å²) in [5.41, 5.74) is 1.17. The summed E-state index contributed by atoms with van der Waals surface area (Å²) in [6.07, 6.45) is 0. The smallest absolute Gasteiger partial charge is 0.0900 e. The van der Waals surface area contributed by atoms with E-state index < -0.39 is 0 Å². The van der Waals surface area contributed by atoms with Gasteiger partial charge in [-0.25, -0.2) is 4.98 Å². The van der Waals surface area contributed by atoms with Gasteiger partial charge in [0.25, 0.3) is 0 Å². The second-order valence-electron chi connectivity index (χ2n) is 3.73. The molecule has 1 N–H and O–H groups in total. The number of thiazole rings is 1. The van der Waals surface area contributed by atoms with Crippen molar-refractivity contribution >= 4 is 11.3 Å². The van der Waals surface area contributed by atoms with Gasteiger partial charge in [0, 0.05) is 17.0 Å². The van der Waals surface area contributed by atoms with E-state index in [0.717, 1.165) is 5.01 Å². The van der Waals surface area contributed by atoms with Crippen LogP contribution in [0.2, 0.25) is 0 Å². The summed E-state index contributed by atoms with van der Waals surface area (Å²) in [4.78, 5) is 5.78. The molecule has 0 aliphatic carbocycles. The summed E-state index contributed by atoms with van der Waals surface area (Å²) in [5, 5.41) is 4.64. The Hall–Kier alpha value is -0.410. The number of aryl methyl sites for hydroxylation is 2. The number of rotatable bonds is 3. The molecule has 0 fully saturated rings. The van der Waals surface area contributed by atoms with Gasteiger partial charge in [0.2, 0.25) is 0 Å². The van der Waals surface area contributed by atoms with Gasteiger partial charge in [0.15, 0.2) is 0 Å². The molecule has 0 saturated heterocycles. The maximum atomic E-state index is 4.42. The number of nitrogens with zero attached hydrogens (tertiary/aromatic N) is 1. The van der Waals surface area contributed by atoms with Gasteiger partial charge >= 0.3 is 0 Å². The highest BCUT2D eigenvalue weighted by molar-refractivity contribution is 7.11. The number of hydrogen-bond acceptors (Lipinski definition) is 3. The van der Waals surface area contributed by atoms with Crippen LogP contribution in [0.5, 0.6) is 0 Å². The van der Waals surface area contributed by atoms with Gasteiger partial charge < -0.3 is 5.32 Å². The van der Waals surface area contributed by atoms with Crippen molar-refractivity contribution in [2.75, 3.05) is 0 Å². The quantitative estimate of drug-likeness (QED) is 0.808. The van der Waals surface area contributed by atoms with Crippen LogP contribution < -0.4 is 5.32 Å². The van der Waals surface area contributed by atoms with E-state index >= 15 is 0 Å². The molecule has 1 aromatic rings. The van der Waals surface area contributed by atoms with E-state index in [-0.39, 0.29) is 0 Å². The van der Waals surface area contributed by atoms with Crippen LogP contribution >= 0.6 is 11.3 Å². The molecule has 3 heteroatoms. The van der Waals surface area contributed by atoms with Crippen molar-refractivity contribution in [2.24, 2.45) is 0 Å². The molecule has 0 radical (unpaired) electrons. The molecule has 0 aromatic carbocycles. The summed E-state index contributed by atoms with van der Waals surface area (Å²) in [5.74, 6) is 0. The topological polar surface area (TPSA) is 24.9 Å². The fourth-order valence-electron chi connectivity index (χ4n) is 1.52. The molecule has 1 aromatic heterocycles. The Morgan fingerprint density at radius 1 is 1.23 bits per heavy atom. The first-order valence-electron chi connectivity index (χ1n) is 4.70. The second-order valence-corrected chi connectivity index (χ2v) is 4.96. The Balaban J connectivity index is 2.76. The zero-order valence-corrected chi connectivity index (χ0v) is 9.83. The SMILES string of the molecule is Cc1nc(C)c(C(C)NC(C)C)s1. The van der Waals surface area contributed by atoms with Crippen LogP contribution in [0.4, 0.5) is 0 Å². The minimum atomic E-state index is 0.422. The van der Waals surface area contributed by atoms with E-state index in [2.05, 4.69) is 44.9 Å². The van der Waals surface area contributed by atoms with Gasteiger partial charge in [-0.2, -0.15) is 0 Å². The van der Waals surface area contributed by atoms with E-state index in [1.165, 1.54) is 10.6 Å². The first-order chi connectivity index (χ1) is 6.00. The van der Waals surface area contributed by atoms with Crippen molar-refractivity contribution in [1.82, 2.24) is 10.3 Å². The predicted octanol–water partition coefficient (Wildman–Crippen LogP) is 2.82. The van der Waals surface area contributed by atoms with Crippen molar-refractivity contribution in [3.63, 3.8) is 0 Å². The van der Waals surface area contributed by atoms with Gasteiger partial charge in [-0.05, 0) is 20.8 Å². The molecule has 0 aliphatic heterocycles. The highest BCUT2D eigenvalue weighted by Crippen LogP contribution is 2.24. The molecule has 0 bridgehead atoms. The zero-order chi connectivity index (χ0) is 10.0. The lowest BCUT2D eigenvalue weighted by atomic mass is 10.2. The molecule has 74 valence electrons. The van der Waals surface area contributed by atoms with Crippen molar-refractivity contribution in [2.45, 2.75) is 46.7 Å². The molecule has 0 amide bonds. The largest absolute Gasteiger partial charge is 0.307 e. The van der Waals surface area contributed by atoms with Gasteiger partial charge in [0.1, 0.15) is 0 Å². The van der Waals surface area contributed by atoms with Crippen LogP contribution in [0, 0.1) is 13.8 Å². The maximum absolute atomic E-state index is 4.42. The van der Waals surface area contributed by atoms with Crippen molar-refractivity contribution < 1.29 is 0 Å². The average molecular weight is 198 g/mol. The fraction of sp³-hybridized carbons (Fsp3) is 0.700. The summed E-state index contributed by atoms with van der Waals surface area (Å²) >= 11 is 1.79. The van der Waals surface area contributed by atoms with E-state index in [0.29, 0.717) is 12.1 Å². The molecule has 2 nitrogen and oxygen atoms in total. The minimum absolute atomic E-state index is 0.422. The van der Waals surface area contributed by atoms with Crippen LogP contribution in [0.1, 0.15) is 42.4 Å². The summed E-state index contributed by atoms with van der Waals surface area (Å²) < 4.78 is 0. The van der Waals surface area contributed by atoms with Crippen molar-refractivity contribution in [3.05, 3.63) is 15.6 Å². The van der Waals surface area contributed by atoms with Crippen LogP contribution in [0.15, 0.2) is 0 Å². The van der Waals surface area contributed by atoms with Crippen LogP contribution in [-0.2, 0) is 0 Å². The predicted molar refractivity (Wildman–Crippen MR) is 58.3 cm³/mol. The Morgan fingerprint density at radius 2 is 1.85 bits per heavy atom. The van der Waals surface area contributed by atoms with E-state index in [9.17, 15) is 0 Å². The molecule has 0 aliphatic rings. The normalized spacial score (nSPS) is 13.7. The number of hydrogen-bond donors (Lipinski definition) is 1. The number of nitrogens with one attached hydrogen (secondary N) is 1. The van der Waals surface area contributed by atoms with Gasteiger partial charge in [-0.15, -0.1) is 11.3 Å². The molecule has 0 spiro atoms. The maximum Gasteiger partial charge on any atom is 0.0900 e. The second kappa shape index (κ2) is 4.20. The Kier molecular flexibility index (Phi) is 3.45. The third-order valence-corrected chi connectivity index (χ3v) is 3.17. The van der Waals surface area contributed by atoms with Crippen LogP contribution in [0.25, 0.3) is 0 Å². The molecule has 1 atom stereocenters. The fourth-order valence-corrected chi connectivity index (χ4v) is 2.46. The average Bonchev–Trinajstić information content (AvgIpc) is 2.28. The highest BCUT2D eigenvalue weighted by atomic mass is 32.1. The first kappa shape index (κ1) is 10.7. The van der Waals surface area contributed by atoms with Crippen LogP contribution in [0.3, 0.4) is 0 Å². The Labute approximate surface area is 84.4 Å². The lowest BCUT2D eigenvalue weighted by Crippen LogP contribution is -2.25. The zero-order valence-electron chi connectivity index (χ0n) is 9.01. The molecule has 1 unspecified atom stereocenters. The van der Waals surface area contributed by atoms with Gasteiger partial charge in [0.05, 0.1) is 10.7 Å². The van der Waals surface area contributed by atoms with Crippen LogP contribution in [-0.4, -0.2) is 11.0 Å². The third-order valence-electron chi connectivity index (χ3n) is 1.92. The summed E-state index contributed by atoms with van der Waals surface area (Å²) in [7, 11) is 0. The summed E-state index contributed by atoms with van der Waals surface area (Å²) in [6, 6.07) is 0.947. The molecular weight excluding hydrogens is 180 g/mol. The lowest BCUT2D eigenvalue weighted by molar-refractivity contribution is 0.510. The van der Waals surface area contributed by atoms with E-state index in [4.69, 9.17) is 0 Å². The third kappa shape index (κ3) is 2.78. The standard InChI is InChI=1S/C10H18N2S/c1-6(2)11-7(3)10-8(4)12-9(5)13-10/h6-7,11H,1-5H3. The van der Waals surface area contributed by atoms with Crippen molar-refractivity contribution in [3.8, 4) is 0 Å². The molecular formula is C10H18N2S. The van der Waals surface area contributed by atoms with E-state index in [1.54, 1.807) is 11.3 Å². The minimum Gasteiger partial charge on any atom is -0.307 e. The summed E-state index contributed by atoms with van der Waals surface area (Å²) in [6.45, 7) is 10.7. The first-order valence-corrected chi connectivity index (χ1v) is 5.52. The Morgan fingerprint density at radius 3 is 2.23 bits per heavy atom.